The molecule has 19 atom stereocenters. The average Bonchev–Trinajstić information content (AvgIpc) is 1.55. The first kappa shape index (κ1) is 85.3. The zero-order valence-corrected chi connectivity index (χ0v) is 63.1. The maximum absolute atomic E-state index is 15.7. The minimum absolute atomic E-state index is 0.00488. The Morgan fingerprint density at radius 2 is 0.981 bits per heavy atom. The van der Waals surface area contributed by atoms with Crippen molar-refractivity contribution in [1.82, 2.24) is 73.2 Å². The van der Waals surface area contributed by atoms with Crippen molar-refractivity contribution in [2.45, 2.75) is 254 Å². The van der Waals surface area contributed by atoms with Crippen LogP contribution in [0.2, 0.25) is 0 Å². The number of aliphatic imine (C=N–C) groups is 1. The first-order valence-electron chi connectivity index (χ1n) is 36.5. The molecule has 37 heteroatoms. The Morgan fingerprint density at radius 3 is 1.54 bits per heavy atom. The highest BCUT2D eigenvalue weighted by Crippen LogP contribution is 2.43. The van der Waals surface area contributed by atoms with Gasteiger partial charge in [-0.15, -0.1) is 0 Å². The largest absolute Gasteiger partial charge is 0.394 e. The third-order valence-electron chi connectivity index (χ3n) is 20.8. The maximum Gasteiger partial charge on any atom is 0.254 e. The van der Waals surface area contributed by atoms with E-state index in [1.54, 1.807) is 55.4 Å². The maximum atomic E-state index is 15.7. The van der Waals surface area contributed by atoms with Gasteiger partial charge in [-0.1, -0.05) is 109 Å². The Morgan fingerprint density at radius 1 is 0.500 bits per heavy atom. The molecule has 584 valence electrons. The molecule has 104 heavy (non-hydrogen) atoms. The first-order chi connectivity index (χ1) is 49.2. The third-order valence-corrected chi connectivity index (χ3v) is 24.3. The lowest BCUT2D eigenvalue weighted by molar-refractivity contribution is -0.158. The van der Waals surface area contributed by atoms with Crippen LogP contribution in [-0.2, 0) is 67.1 Å². The zero-order chi connectivity index (χ0) is 77.2. The van der Waals surface area contributed by atoms with Crippen LogP contribution in [0.3, 0.4) is 0 Å². The molecule has 1 saturated carbocycles. The van der Waals surface area contributed by atoms with Gasteiger partial charge in [-0.25, -0.2) is 0 Å². The summed E-state index contributed by atoms with van der Waals surface area (Å²) in [7, 11) is 1.34. The summed E-state index contributed by atoms with van der Waals surface area (Å²) in [6.45, 7) is 13.7. The molecule has 0 radical (unpaired) electrons. The SMILES string of the molecule is CC[C@H](C)[C@@H]1NC(=O)[C@H](CN)NC(=O)[C@H](CN)NC(=O)[C@@H]2CCCN2C(=O)[C@H]([C@@H](C)CC)NC(=O)[C@H]2NC(=O)[C@H]([C@@H](C)CC)NC(=O)[C@@H]3C[C@@H]4CCCC[C@@H]4N3C(=O)[C@H]3CCN3C(=O)[C@H](CC(C)C)NC(=O)[C@H](CO)NC(=O)[C@H](CCCN=C(N)N)NC(=O)[C@H](CO)NC(=O)[C@@H](NC1=O)SSC2(C)C. The van der Waals surface area contributed by atoms with Crippen LogP contribution < -0.4 is 81.4 Å². The van der Waals surface area contributed by atoms with E-state index in [0.29, 0.717) is 30.1 Å². The molecule has 0 unspecified atom stereocenters. The molecule has 21 N–H and O–H groups in total. The Hall–Kier alpha value is -7.61. The van der Waals surface area contributed by atoms with Crippen LogP contribution in [0.1, 0.15) is 159 Å². The molecule has 0 aromatic rings. The smallest absolute Gasteiger partial charge is 0.254 e. The molecule has 0 spiro atoms. The summed E-state index contributed by atoms with van der Waals surface area (Å²) in [5.74, 6) is -15.4. The van der Waals surface area contributed by atoms with Gasteiger partial charge in [0.1, 0.15) is 78.5 Å². The number of aliphatic hydroxyl groups is 2. The number of nitrogens with one attached hydrogen (secondary N) is 11. The topological polar surface area (TPSA) is 538 Å². The highest BCUT2D eigenvalue weighted by Gasteiger charge is 2.54. The third kappa shape index (κ3) is 21.6. The molecule has 0 aromatic carbocycles. The van der Waals surface area contributed by atoms with Crippen molar-refractivity contribution in [2.24, 2.45) is 57.5 Å². The predicted octanol–water partition coefficient (Wildman–Crippen LogP) is -4.64. The highest BCUT2D eigenvalue weighted by atomic mass is 33.1. The number of nitrogens with zero attached hydrogens (tertiary/aromatic N) is 4. The van der Waals surface area contributed by atoms with E-state index in [1.807, 2.05) is 0 Å². The second-order valence-electron chi connectivity index (χ2n) is 29.1. The van der Waals surface area contributed by atoms with E-state index in [2.05, 4.69) is 63.5 Å². The number of hydrogen-bond donors (Lipinski definition) is 17. The molecule has 2 bridgehead atoms. The van der Waals surface area contributed by atoms with Crippen molar-refractivity contribution in [2.75, 3.05) is 45.9 Å². The lowest BCUT2D eigenvalue weighted by Gasteiger charge is -2.45. The lowest BCUT2D eigenvalue weighted by Crippen LogP contribution is -2.66. The molecule has 35 nitrogen and oxygen atoms in total. The fourth-order valence-electron chi connectivity index (χ4n) is 13.9. The summed E-state index contributed by atoms with van der Waals surface area (Å²) in [6.07, 6.45) is 4.16. The number of carbonyl (C=O) groups excluding carboxylic acids is 14. The Bertz CT molecular complexity index is 3150. The molecule has 1 aliphatic carbocycles. The number of hydrogen-bond acceptors (Lipinski definition) is 21. The summed E-state index contributed by atoms with van der Waals surface area (Å²) in [5, 5.41) is 48.8. The second-order valence-corrected chi connectivity index (χ2v) is 32.1. The van der Waals surface area contributed by atoms with Gasteiger partial charge >= 0.3 is 0 Å². The average molecular weight is 1500 g/mol. The van der Waals surface area contributed by atoms with Crippen LogP contribution in [0.25, 0.3) is 0 Å². The normalized spacial score (nSPS) is 31.9. The van der Waals surface area contributed by atoms with E-state index in [-0.39, 0.29) is 95.2 Å². The van der Waals surface area contributed by atoms with Gasteiger partial charge in [0, 0.05) is 38.8 Å². The van der Waals surface area contributed by atoms with Gasteiger partial charge in [0.15, 0.2) is 11.3 Å². The van der Waals surface area contributed by atoms with E-state index in [4.69, 9.17) is 22.9 Å². The zero-order valence-electron chi connectivity index (χ0n) is 61.4. The number of carbonyl (C=O) groups is 14. The van der Waals surface area contributed by atoms with Crippen LogP contribution >= 0.6 is 21.6 Å². The monoisotopic (exact) mass is 1500 g/mol. The second kappa shape index (κ2) is 39.1. The first-order valence-corrected chi connectivity index (χ1v) is 38.7. The predicted molar refractivity (Wildman–Crippen MR) is 386 cm³/mol. The standard InChI is InChI=1S/C67H113N19O16S2/c1-11-33(6)47-58(96)82-50-60(98)81-49(35(8)13-3)65(102)84-24-17-21-44(84)56(94)76-39(28-68)52(90)75-40(29-69)53(91)79-48(34(7)12-2)59(97)83-62(103-104-67(50,9)10)61(99)78-42(31-88)54(92)73-37(19-16-23-72-66(70)71)51(89)77-41(30-87)55(93)74-38(26-32(4)5)63(100)85-25-22-45(85)64(101)86-43-20-15-14-18-36(43)27-46(86)57(95)80-47/h32-50,62,87-88H,11-31,68-69H2,1-10H3,(H,73,92)(H,74,93)(H,75,90)(H,76,94)(H,77,89)(H,78,99)(H,79,91)(H,80,95)(H,81,98)(H,82,96)(H,83,97)(H4,70,71,72)/t33-,34-,35-,36-,37-,38-,39-,40-,41-,42-,43-,44-,45+,46-,47-,48-,49-,50+,62-/m0/s1. The van der Waals surface area contributed by atoms with Gasteiger partial charge in [-0.3, -0.25) is 72.1 Å². The Balaban J connectivity index is 1.55. The summed E-state index contributed by atoms with van der Waals surface area (Å²) in [6, 6.07) is -19.7. The summed E-state index contributed by atoms with van der Waals surface area (Å²) >= 11 is 0. The number of rotatable bonds is 16. The molecule has 6 fully saturated rings. The highest BCUT2D eigenvalue weighted by molar-refractivity contribution is 8.77. The molecule has 5 saturated heterocycles. The molecule has 5 aliphatic heterocycles. The fraction of sp³-hybridized carbons (Fsp3) is 0.776. The van der Waals surface area contributed by atoms with Crippen molar-refractivity contribution >= 4 is 110 Å². The minimum Gasteiger partial charge on any atom is -0.394 e. The van der Waals surface area contributed by atoms with Gasteiger partial charge in [0.2, 0.25) is 76.8 Å². The molecule has 6 aliphatic rings. The van der Waals surface area contributed by atoms with Gasteiger partial charge in [0.25, 0.3) is 5.91 Å². The van der Waals surface area contributed by atoms with E-state index in [1.165, 1.54) is 28.5 Å². The number of amides is 14. The number of guanidine groups is 1. The minimum atomic E-state index is -1.96. The van der Waals surface area contributed by atoms with Crippen molar-refractivity contribution in [1.29, 1.82) is 0 Å². The van der Waals surface area contributed by atoms with E-state index >= 15 is 28.8 Å². The summed E-state index contributed by atoms with van der Waals surface area (Å²) in [4.78, 5) is 216. The molecule has 14 amide bonds. The Kier molecular flexibility index (Phi) is 32.1. The van der Waals surface area contributed by atoms with Gasteiger partial charge in [0.05, 0.1) is 18.0 Å². The molecular weight excluding hydrogens is 1390 g/mol. The number of aliphatic hydroxyl groups excluding tert-OH is 2. The van der Waals surface area contributed by atoms with Crippen LogP contribution in [0.4, 0.5) is 0 Å². The van der Waals surface area contributed by atoms with Crippen LogP contribution in [-0.4, -0.2) is 254 Å². The number of fused-ring (bicyclic) bond motifs is 9. The van der Waals surface area contributed by atoms with Gasteiger partial charge < -0.3 is 106 Å². The van der Waals surface area contributed by atoms with Crippen LogP contribution in [0.5, 0.6) is 0 Å². The van der Waals surface area contributed by atoms with E-state index in [0.717, 1.165) is 23.6 Å². The quantitative estimate of drug-likeness (QED) is 0.0299. The lowest BCUT2D eigenvalue weighted by atomic mass is 9.84. The van der Waals surface area contributed by atoms with Gasteiger partial charge in [-0.2, -0.15) is 0 Å². The molecule has 0 aromatic heterocycles. The van der Waals surface area contributed by atoms with Crippen LogP contribution in [0, 0.1) is 29.6 Å². The van der Waals surface area contributed by atoms with Crippen molar-refractivity contribution in [3.05, 3.63) is 0 Å². The van der Waals surface area contributed by atoms with Crippen molar-refractivity contribution < 1.29 is 77.3 Å². The molecule has 5 heterocycles. The van der Waals surface area contributed by atoms with Crippen LogP contribution in [0.15, 0.2) is 4.99 Å². The van der Waals surface area contributed by atoms with Gasteiger partial charge in [-0.05, 0) is 101 Å². The summed E-state index contributed by atoms with van der Waals surface area (Å²) in [5.41, 5.74) is 23.3. The van der Waals surface area contributed by atoms with E-state index in [9.17, 15) is 48.6 Å². The summed E-state index contributed by atoms with van der Waals surface area (Å²) < 4.78 is -1.69. The van der Waals surface area contributed by atoms with E-state index < -0.39 is 221 Å². The molecular formula is C67H113N19O16S2. The number of nitrogens with two attached hydrogens (primary N) is 4. The Labute approximate surface area is 615 Å². The molecule has 6 rings (SSSR count). The van der Waals surface area contributed by atoms with Crippen molar-refractivity contribution in [3.63, 3.8) is 0 Å². The fourth-order valence-corrected chi connectivity index (χ4v) is 16.5. The van der Waals surface area contributed by atoms with Crippen molar-refractivity contribution in [3.8, 4) is 0 Å².